The highest BCUT2D eigenvalue weighted by atomic mass is 19.4. The molecule has 1 aromatic carbocycles. The number of benzene rings is 1. The summed E-state index contributed by atoms with van der Waals surface area (Å²) in [4.78, 5) is 28.8. The molecule has 0 aliphatic rings. The quantitative estimate of drug-likeness (QED) is 0.330. The highest BCUT2D eigenvalue weighted by Crippen LogP contribution is 2.31. The number of hydrogen-bond donors (Lipinski definition) is 2. The number of carbonyl (C=O) groups excluding carboxylic acids is 1. The van der Waals surface area contributed by atoms with Crippen molar-refractivity contribution in [3.8, 4) is 17.3 Å². The van der Waals surface area contributed by atoms with Crippen molar-refractivity contribution in [2.45, 2.75) is 12.7 Å². The SMILES string of the molecule is COc1cc(NC(=O)c2cc(NCc3ccc(F)cc3F)nc(-c3cncc(C(F)(F)F)c3)n2)ccn1. The molecule has 13 heteroatoms. The molecule has 0 atom stereocenters. The van der Waals surface area contributed by atoms with Crippen molar-refractivity contribution in [3.63, 3.8) is 0 Å². The Morgan fingerprint density at radius 3 is 2.57 bits per heavy atom. The number of hydrogen-bond acceptors (Lipinski definition) is 7. The third-order valence-corrected chi connectivity index (χ3v) is 4.96. The van der Waals surface area contributed by atoms with Crippen LogP contribution >= 0.6 is 0 Å². The van der Waals surface area contributed by atoms with Crippen LogP contribution in [0.4, 0.5) is 33.5 Å². The number of carbonyl (C=O) groups is 1. The predicted octanol–water partition coefficient (Wildman–Crippen LogP) is 5.10. The van der Waals surface area contributed by atoms with Gasteiger partial charge in [0.25, 0.3) is 5.91 Å². The van der Waals surface area contributed by atoms with Crippen LogP contribution in [0.1, 0.15) is 21.6 Å². The molecule has 0 spiro atoms. The summed E-state index contributed by atoms with van der Waals surface area (Å²) in [6.45, 7) is -0.161. The van der Waals surface area contributed by atoms with E-state index in [4.69, 9.17) is 4.74 Å². The second kappa shape index (κ2) is 10.5. The third-order valence-electron chi connectivity index (χ3n) is 4.96. The maximum absolute atomic E-state index is 14.1. The van der Waals surface area contributed by atoms with Crippen molar-refractivity contribution in [2.75, 3.05) is 17.7 Å². The first-order valence-corrected chi connectivity index (χ1v) is 10.5. The summed E-state index contributed by atoms with van der Waals surface area (Å²) in [7, 11) is 1.40. The number of nitrogens with zero attached hydrogens (tertiary/aromatic N) is 4. The lowest BCUT2D eigenvalue weighted by molar-refractivity contribution is -0.137. The largest absolute Gasteiger partial charge is 0.481 e. The van der Waals surface area contributed by atoms with Crippen LogP contribution in [0.15, 0.2) is 61.1 Å². The molecule has 0 unspecified atom stereocenters. The zero-order valence-electron chi connectivity index (χ0n) is 19.0. The minimum atomic E-state index is -4.67. The Morgan fingerprint density at radius 1 is 1.03 bits per heavy atom. The first kappa shape index (κ1) is 25.4. The van der Waals surface area contributed by atoms with Crippen LogP contribution < -0.4 is 15.4 Å². The summed E-state index contributed by atoms with van der Waals surface area (Å²) < 4.78 is 71.9. The van der Waals surface area contributed by atoms with Crippen molar-refractivity contribution in [3.05, 3.63) is 89.5 Å². The van der Waals surface area contributed by atoms with Crippen molar-refractivity contribution in [2.24, 2.45) is 0 Å². The van der Waals surface area contributed by atoms with E-state index in [0.29, 0.717) is 18.0 Å². The molecule has 1 amide bonds. The number of rotatable bonds is 7. The second-order valence-electron chi connectivity index (χ2n) is 7.55. The second-order valence-corrected chi connectivity index (χ2v) is 7.55. The van der Waals surface area contributed by atoms with Crippen LogP contribution in [0.5, 0.6) is 5.88 Å². The van der Waals surface area contributed by atoms with Gasteiger partial charge in [-0.05, 0) is 18.2 Å². The maximum Gasteiger partial charge on any atom is 0.417 e. The van der Waals surface area contributed by atoms with Crippen LogP contribution in [0.3, 0.4) is 0 Å². The van der Waals surface area contributed by atoms with E-state index in [2.05, 4.69) is 30.6 Å². The van der Waals surface area contributed by atoms with Gasteiger partial charge < -0.3 is 15.4 Å². The summed E-state index contributed by atoms with van der Waals surface area (Å²) in [6.07, 6.45) is -1.51. The normalized spacial score (nSPS) is 11.2. The minimum Gasteiger partial charge on any atom is -0.481 e. The Bertz CT molecular complexity index is 1450. The van der Waals surface area contributed by atoms with Gasteiger partial charge in [-0.15, -0.1) is 0 Å². The summed E-state index contributed by atoms with van der Waals surface area (Å²) in [5, 5.41) is 5.38. The number of nitrogens with one attached hydrogen (secondary N) is 2. The van der Waals surface area contributed by atoms with Crippen LogP contribution in [-0.2, 0) is 12.7 Å². The molecule has 0 aliphatic carbocycles. The number of halogens is 5. The maximum atomic E-state index is 14.1. The number of amides is 1. The lowest BCUT2D eigenvalue weighted by atomic mass is 10.2. The Kier molecular flexibility index (Phi) is 7.22. The topological polar surface area (TPSA) is 102 Å². The highest BCUT2D eigenvalue weighted by molar-refractivity contribution is 6.03. The zero-order chi connectivity index (χ0) is 26.6. The molecule has 0 saturated carbocycles. The highest BCUT2D eigenvalue weighted by Gasteiger charge is 2.31. The molecule has 37 heavy (non-hydrogen) atoms. The zero-order valence-corrected chi connectivity index (χ0v) is 19.0. The van der Waals surface area contributed by atoms with E-state index in [-0.39, 0.29) is 40.9 Å². The Labute approximate surface area is 206 Å². The van der Waals surface area contributed by atoms with Crippen LogP contribution in [0.25, 0.3) is 11.4 Å². The minimum absolute atomic E-state index is 0.00333. The fourth-order valence-corrected chi connectivity index (χ4v) is 3.15. The summed E-state index contributed by atoms with van der Waals surface area (Å²) >= 11 is 0. The average molecular weight is 516 g/mol. The standard InChI is InChI=1S/C24H17F5N6O2/c1-37-21-8-17(4-5-31-21)33-23(36)19-9-20(32-11-13-2-3-16(25)7-18(13)26)35-22(34-19)14-6-15(12-30-10-14)24(27,28)29/h2-10,12H,11H2,1H3,(H,31,33,36)(H,32,34,35). The van der Waals surface area contributed by atoms with E-state index in [1.54, 1.807) is 0 Å². The fraction of sp³-hybridized carbons (Fsp3) is 0.125. The number of alkyl halides is 3. The van der Waals surface area contributed by atoms with Crippen molar-refractivity contribution in [1.82, 2.24) is 19.9 Å². The van der Waals surface area contributed by atoms with E-state index < -0.39 is 29.3 Å². The van der Waals surface area contributed by atoms with Crippen LogP contribution in [0.2, 0.25) is 0 Å². The van der Waals surface area contributed by atoms with Gasteiger partial charge >= 0.3 is 6.18 Å². The molecule has 0 bridgehead atoms. The van der Waals surface area contributed by atoms with Gasteiger partial charge in [0.05, 0.1) is 12.7 Å². The van der Waals surface area contributed by atoms with E-state index in [1.807, 2.05) is 0 Å². The molecule has 0 aliphatic heterocycles. The first-order chi connectivity index (χ1) is 17.6. The molecular formula is C24H17F5N6O2. The lowest BCUT2D eigenvalue weighted by Crippen LogP contribution is -2.16. The first-order valence-electron chi connectivity index (χ1n) is 10.5. The number of methoxy groups -OCH3 is 1. The van der Waals surface area contributed by atoms with E-state index in [1.165, 1.54) is 37.6 Å². The predicted molar refractivity (Wildman–Crippen MR) is 123 cm³/mol. The lowest BCUT2D eigenvalue weighted by Gasteiger charge is -2.12. The average Bonchev–Trinajstić information content (AvgIpc) is 2.87. The molecule has 3 aromatic heterocycles. The fourth-order valence-electron chi connectivity index (χ4n) is 3.15. The molecule has 8 nitrogen and oxygen atoms in total. The molecule has 0 saturated heterocycles. The molecular weight excluding hydrogens is 499 g/mol. The van der Waals surface area contributed by atoms with Gasteiger partial charge in [0.1, 0.15) is 23.1 Å². The Hall–Kier alpha value is -4.68. The summed E-state index contributed by atoms with van der Waals surface area (Å²) in [6, 6.07) is 7.98. The van der Waals surface area contributed by atoms with Gasteiger partial charge in [0, 0.05) is 60.1 Å². The van der Waals surface area contributed by atoms with Gasteiger partial charge in [-0.1, -0.05) is 6.07 Å². The van der Waals surface area contributed by atoms with E-state index >= 15 is 0 Å². The van der Waals surface area contributed by atoms with E-state index in [0.717, 1.165) is 18.3 Å². The van der Waals surface area contributed by atoms with Crippen molar-refractivity contribution in [1.29, 1.82) is 0 Å². The smallest absolute Gasteiger partial charge is 0.417 e. The molecule has 4 rings (SSSR count). The van der Waals surface area contributed by atoms with Gasteiger partial charge in [-0.25, -0.2) is 23.7 Å². The third kappa shape index (κ3) is 6.31. The van der Waals surface area contributed by atoms with Gasteiger partial charge in [-0.3, -0.25) is 9.78 Å². The van der Waals surface area contributed by atoms with Crippen molar-refractivity contribution < 1.29 is 31.5 Å². The monoisotopic (exact) mass is 516 g/mol. The Morgan fingerprint density at radius 2 is 1.84 bits per heavy atom. The molecule has 0 radical (unpaired) electrons. The number of anilines is 2. The van der Waals surface area contributed by atoms with Gasteiger partial charge in [-0.2, -0.15) is 13.2 Å². The molecule has 2 N–H and O–H groups in total. The van der Waals surface area contributed by atoms with Crippen molar-refractivity contribution >= 4 is 17.4 Å². The van der Waals surface area contributed by atoms with Crippen LogP contribution in [0, 0.1) is 11.6 Å². The van der Waals surface area contributed by atoms with Gasteiger partial charge in [0.15, 0.2) is 5.82 Å². The van der Waals surface area contributed by atoms with E-state index in [9.17, 15) is 26.7 Å². The summed E-state index contributed by atoms with van der Waals surface area (Å²) in [5.41, 5.74) is -0.931. The van der Waals surface area contributed by atoms with Gasteiger partial charge in [0.2, 0.25) is 5.88 Å². The number of ether oxygens (including phenoxy) is 1. The molecule has 3 heterocycles. The number of aromatic nitrogens is 4. The van der Waals surface area contributed by atoms with Crippen LogP contribution in [-0.4, -0.2) is 33.0 Å². The number of pyridine rings is 2. The molecule has 190 valence electrons. The molecule has 0 fully saturated rings. The summed E-state index contributed by atoms with van der Waals surface area (Å²) in [5.74, 6) is -2.28. The molecule has 4 aromatic rings. The Balaban J connectivity index is 1.69.